The smallest absolute Gasteiger partial charge is 0.407 e. The second-order valence-electron chi connectivity index (χ2n) is 15.2. The number of rotatable bonds is 15. The lowest BCUT2D eigenvalue weighted by atomic mass is 10.0. The summed E-state index contributed by atoms with van der Waals surface area (Å²) < 4.78 is 17.8. The first-order valence-electron chi connectivity index (χ1n) is 19.3. The summed E-state index contributed by atoms with van der Waals surface area (Å²) in [5.74, 6) is 1.50. The van der Waals surface area contributed by atoms with Gasteiger partial charge in [-0.15, -0.1) is 22.7 Å². The Hall–Kier alpha value is -4.42. The number of aliphatic hydroxyl groups is 1. The van der Waals surface area contributed by atoms with Crippen molar-refractivity contribution in [2.24, 2.45) is 11.8 Å². The molecule has 7 rings (SSSR count). The van der Waals surface area contributed by atoms with Gasteiger partial charge in [0.25, 0.3) is 0 Å². The van der Waals surface area contributed by atoms with Crippen LogP contribution in [0.25, 0.3) is 41.7 Å². The van der Waals surface area contributed by atoms with Crippen molar-refractivity contribution in [3.63, 3.8) is 0 Å². The van der Waals surface area contributed by atoms with Crippen LogP contribution in [0, 0.1) is 11.8 Å². The maximum atomic E-state index is 13.7. The van der Waals surface area contributed by atoms with Crippen LogP contribution in [-0.4, -0.2) is 106 Å². The van der Waals surface area contributed by atoms with E-state index in [9.17, 15) is 14.7 Å². The van der Waals surface area contributed by atoms with Gasteiger partial charge in [-0.2, -0.15) is 0 Å². The number of aliphatic hydroxyl groups excluding tert-OH is 1. The van der Waals surface area contributed by atoms with Gasteiger partial charge >= 0.3 is 6.09 Å². The van der Waals surface area contributed by atoms with Gasteiger partial charge in [0.15, 0.2) is 0 Å². The number of thiophene rings is 2. The molecule has 0 spiro atoms. The van der Waals surface area contributed by atoms with Crippen molar-refractivity contribution in [1.29, 1.82) is 0 Å². The van der Waals surface area contributed by atoms with Crippen molar-refractivity contribution >= 4 is 44.1 Å². The molecule has 5 aromatic rings. The summed E-state index contributed by atoms with van der Waals surface area (Å²) in [6, 6.07) is 11.5. The highest BCUT2D eigenvalue weighted by atomic mass is 32.1. The fraction of sp³-hybridized carbons (Fsp3) is 0.463. The van der Waals surface area contributed by atoms with Gasteiger partial charge in [-0.1, -0.05) is 64.1 Å². The summed E-state index contributed by atoms with van der Waals surface area (Å²) in [5.41, 5.74) is 3.98. The average Bonchev–Trinajstić information content (AvgIpc) is 4.05. The first-order chi connectivity index (χ1) is 27.5. The topological polar surface area (TPSA) is 170 Å². The standard InChI is InChI=1S/C41H52N8O6S2/c1-22(2)34(46-40(52)53-5)38(50)48-16-8-10-28(48)36-42-20-26(44-36)24-12-14-25(15-13-24)30-18-32-33(56-30)19-31(57-32)27-21-43-37(45-27)29-11-9-17-49(29)39(51)35(23(3)4)47-41(54-6)55-7/h9,11-15,18-23,28-29,34-35,38,41,47,50H,8,10,16-17H2,1-7H3,(H,42,44)(H,43,45)(H,46,52)/t28-,29-,34-,35-,38?/m0/s1. The molecule has 14 nitrogen and oxygen atoms in total. The molecule has 0 aliphatic carbocycles. The van der Waals surface area contributed by atoms with Crippen molar-refractivity contribution in [3.8, 4) is 32.3 Å². The molecule has 304 valence electrons. The summed E-state index contributed by atoms with van der Waals surface area (Å²) in [6.07, 6.45) is 7.36. The number of imidazole rings is 2. The Labute approximate surface area is 340 Å². The molecule has 2 amide bonds. The normalized spacial score (nSPS) is 19.0. The van der Waals surface area contributed by atoms with E-state index >= 15 is 0 Å². The number of amides is 2. The summed E-state index contributed by atoms with van der Waals surface area (Å²) in [6.45, 7) is 9.13. The van der Waals surface area contributed by atoms with Crippen LogP contribution in [0.4, 0.5) is 4.79 Å². The van der Waals surface area contributed by atoms with Crippen molar-refractivity contribution in [3.05, 3.63) is 72.6 Å². The van der Waals surface area contributed by atoms with Gasteiger partial charge in [-0.25, -0.2) is 14.8 Å². The number of aromatic nitrogens is 4. The lowest BCUT2D eigenvalue weighted by Gasteiger charge is -2.35. The largest absolute Gasteiger partial charge is 0.453 e. The number of alkyl carbamates (subject to hydrolysis) is 1. The van der Waals surface area contributed by atoms with E-state index < -0.39 is 30.8 Å². The number of aromatic amines is 2. The average molecular weight is 817 g/mol. The Morgan fingerprint density at radius 2 is 1.54 bits per heavy atom. The highest BCUT2D eigenvalue weighted by molar-refractivity contribution is 7.31. The molecule has 5 atom stereocenters. The fourth-order valence-corrected chi connectivity index (χ4v) is 10.0. The first kappa shape index (κ1) is 40.8. The number of carbonyl (C=O) groups excluding carboxylic acids is 2. The summed E-state index contributed by atoms with van der Waals surface area (Å²) in [5, 5.41) is 17.3. The van der Waals surface area contributed by atoms with Gasteiger partial charge in [-0.05, 0) is 47.9 Å². The minimum atomic E-state index is -0.882. The van der Waals surface area contributed by atoms with E-state index in [4.69, 9.17) is 24.2 Å². The van der Waals surface area contributed by atoms with Gasteiger partial charge < -0.3 is 39.5 Å². The molecule has 0 radical (unpaired) electrons. The molecule has 1 unspecified atom stereocenters. The molecule has 16 heteroatoms. The minimum Gasteiger partial charge on any atom is -0.453 e. The van der Waals surface area contributed by atoms with Crippen LogP contribution in [0.15, 0.2) is 60.9 Å². The second kappa shape index (κ2) is 17.6. The van der Waals surface area contributed by atoms with Gasteiger partial charge in [0.2, 0.25) is 12.3 Å². The Kier molecular flexibility index (Phi) is 12.6. The first-order valence-corrected chi connectivity index (χ1v) is 20.9. The summed E-state index contributed by atoms with van der Waals surface area (Å²) in [4.78, 5) is 48.3. The molecule has 0 bridgehead atoms. The van der Waals surface area contributed by atoms with E-state index in [1.807, 2.05) is 62.0 Å². The van der Waals surface area contributed by atoms with E-state index in [0.717, 1.165) is 51.9 Å². The third kappa shape index (κ3) is 8.58. The number of ether oxygens (including phenoxy) is 3. The predicted molar refractivity (Wildman–Crippen MR) is 222 cm³/mol. The number of methoxy groups -OCH3 is 3. The van der Waals surface area contributed by atoms with Crippen LogP contribution in [0.3, 0.4) is 0 Å². The van der Waals surface area contributed by atoms with Crippen LogP contribution >= 0.6 is 22.7 Å². The number of H-pyrrole nitrogens is 2. The molecule has 5 N–H and O–H groups in total. The monoisotopic (exact) mass is 816 g/mol. The number of nitrogens with one attached hydrogen (secondary N) is 4. The van der Waals surface area contributed by atoms with E-state index in [1.165, 1.54) is 35.6 Å². The van der Waals surface area contributed by atoms with Gasteiger partial charge in [0, 0.05) is 41.6 Å². The zero-order chi connectivity index (χ0) is 40.4. The number of hydrogen-bond donors (Lipinski definition) is 5. The van der Waals surface area contributed by atoms with Crippen LogP contribution in [0.5, 0.6) is 0 Å². The molecule has 1 aromatic carbocycles. The summed E-state index contributed by atoms with van der Waals surface area (Å²) in [7, 11) is 4.40. The highest BCUT2D eigenvalue weighted by Crippen LogP contribution is 2.42. The molecule has 6 heterocycles. The van der Waals surface area contributed by atoms with Gasteiger partial charge in [0.05, 0.1) is 53.9 Å². The third-order valence-electron chi connectivity index (χ3n) is 10.8. The highest BCUT2D eigenvalue weighted by Gasteiger charge is 2.39. The molecule has 1 saturated heterocycles. The zero-order valence-corrected chi connectivity index (χ0v) is 34.9. The number of benzene rings is 1. The van der Waals surface area contributed by atoms with Crippen molar-refractivity contribution < 1.29 is 28.9 Å². The van der Waals surface area contributed by atoms with E-state index in [-0.39, 0.29) is 29.8 Å². The number of fused-ring (bicyclic) bond motifs is 1. The second-order valence-corrected chi connectivity index (χ2v) is 17.3. The quantitative estimate of drug-likeness (QED) is 0.0555. The fourth-order valence-electron chi connectivity index (χ4n) is 7.67. The molecule has 1 fully saturated rings. The molecule has 2 aliphatic rings. The minimum absolute atomic E-state index is 0.000948. The van der Waals surface area contributed by atoms with Crippen LogP contribution in [-0.2, 0) is 19.0 Å². The number of hydrogen-bond acceptors (Lipinski definition) is 12. The van der Waals surface area contributed by atoms with Crippen molar-refractivity contribution in [2.75, 3.05) is 34.4 Å². The Morgan fingerprint density at radius 1 is 0.895 bits per heavy atom. The zero-order valence-electron chi connectivity index (χ0n) is 33.3. The lowest BCUT2D eigenvalue weighted by Crippen LogP contribution is -2.54. The number of carbonyl (C=O) groups is 2. The van der Waals surface area contributed by atoms with Crippen LogP contribution in [0.2, 0.25) is 0 Å². The number of nitrogens with zero attached hydrogens (tertiary/aromatic N) is 4. The Bertz CT molecular complexity index is 2140. The third-order valence-corrected chi connectivity index (χ3v) is 13.2. The van der Waals surface area contributed by atoms with Crippen molar-refractivity contribution in [1.82, 2.24) is 40.4 Å². The Balaban J connectivity index is 1.01. The molecule has 0 saturated carbocycles. The van der Waals surface area contributed by atoms with Crippen molar-refractivity contribution in [2.45, 2.75) is 77.3 Å². The summed E-state index contributed by atoms with van der Waals surface area (Å²) >= 11 is 3.47. The van der Waals surface area contributed by atoms with E-state index in [0.29, 0.717) is 13.1 Å². The van der Waals surface area contributed by atoms with E-state index in [2.05, 4.69) is 57.0 Å². The SMILES string of the molecule is COC(=O)N[C@@H](C(C)C)C(O)N1CCC[C@H]1c1ncc(-c2ccc(-c3cc4sc(-c5cnc([C@@H]6C=CCN6C(=O)[C@@H](NC(OC)OC)C(C)C)[nH]5)cc4s3)cc2)[nH]1. The molecular formula is C41H52N8O6S2. The molecule has 2 aliphatic heterocycles. The Morgan fingerprint density at radius 3 is 2.23 bits per heavy atom. The molecule has 4 aromatic heterocycles. The molecule has 57 heavy (non-hydrogen) atoms. The maximum absolute atomic E-state index is 13.7. The predicted octanol–water partition coefficient (Wildman–Crippen LogP) is 6.88. The van der Waals surface area contributed by atoms with Gasteiger partial charge in [-0.3, -0.25) is 15.0 Å². The lowest BCUT2D eigenvalue weighted by molar-refractivity contribution is -0.151. The molecular weight excluding hydrogens is 765 g/mol. The van der Waals surface area contributed by atoms with E-state index in [1.54, 1.807) is 22.7 Å². The number of likely N-dealkylation sites (tertiary alicyclic amines) is 1. The van der Waals surface area contributed by atoms with Gasteiger partial charge in [0.1, 0.15) is 23.9 Å². The van der Waals surface area contributed by atoms with Crippen LogP contribution in [0.1, 0.15) is 64.3 Å². The van der Waals surface area contributed by atoms with Crippen LogP contribution < -0.4 is 10.6 Å². The maximum Gasteiger partial charge on any atom is 0.407 e.